The smallest absolute Gasteiger partial charge is 0.231 e. The zero-order valence-electron chi connectivity index (χ0n) is 14.9. The van der Waals surface area contributed by atoms with E-state index in [-0.39, 0.29) is 24.0 Å². The van der Waals surface area contributed by atoms with Gasteiger partial charge >= 0.3 is 0 Å². The molecule has 0 amide bonds. The normalized spacial score (nSPS) is 12.7. The molecule has 0 atom stereocenters. The van der Waals surface area contributed by atoms with Gasteiger partial charge in [-0.2, -0.15) is 0 Å². The van der Waals surface area contributed by atoms with Gasteiger partial charge in [-0.25, -0.2) is 4.99 Å². The van der Waals surface area contributed by atoms with E-state index in [0.717, 1.165) is 36.1 Å². The second-order valence-corrected chi connectivity index (χ2v) is 5.82. The summed E-state index contributed by atoms with van der Waals surface area (Å²) in [4.78, 5) is 6.88. The summed E-state index contributed by atoms with van der Waals surface area (Å²) in [6.45, 7) is 4.60. The lowest BCUT2D eigenvalue weighted by atomic mass is 10.2. The Balaban J connectivity index is 0.00000225. The Morgan fingerprint density at radius 3 is 2.80 bits per heavy atom. The molecule has 136 valence electrons. The van der Waals surface area contributed by atoms with Gasteiger partial charge in [0.25, 0.3) is 0 Å². The van der Waals surface area contributed by atoms with E-state index in [1.54, 1.807) is 0 Å². The molecule has 0 spiro atoms. The van der Waals surface area contributed by atoms with E-state index in [4.69, 9.17) is 14.5 Å². The molecule has 7 heteroatoms. The van der Waals surface area contributed by atoms with Crippen molar-refractivity contribution in [3.8, 4) is 11.5 Å². The maximum atomic E-state index is 5.42. The Kier molecular flexibility index (Phi) is 6.98. The van der Waals surface area contributed by atoms with Crippen molar-refractivity contribution in [3.05, 3.63) is 47.8 Å². The van der Waals surface area contributed by atoms with Gasteiger partial charge in [0.15, 0.2) is 17.5 Å². The van der Waals surface area contributed by atoms with Gasteiger partial charge < -0.3 is 24.3 Å². The highest BCUT2D eigenvalue weighted by atomic mass is 127. The summed E-state index contributed by atoms with van der Waals surface area (Å²) in [7, 11) is 4.11. The predicted octanol–water partition coefficient (Wildman–Crippen LogP) is 2.97. The van der Waals surface area contributed by atoms with E-state index in [0.29, 0.717) is 13.3 Å². The van der Waals surface area contributed by atoms with Crippen molar-refractivity contribution in [2.45, 2.75) is 20.0 Å². The number of aryl methyl sites for hydroxylation is 1. The molecule has 0 radical (unpaired) electrons. The molecular formula is C18H25IN4O2. The van der Waals surface area contributed by atoms with Gasteiger partial charge in [-0.3, -0.25) is 0 Å². The Bertz CT molecular complexity index is 730. The SMILES string of the molecule is CCNC(=NCc1ccc2c(c1)OCO2)N(C)Cc1cccn1C.I. The Morgan fingerprint density at radius 1 is 1.28 bits per heavy atom. The van der Waals surface area contributed by atoms with Crippen molar-refractivity contribution in [2.75, 3.05) is 20.4 Å². The summed E-state index contributed by atoms with van der Waals surface area (Å²) in [5.74, 6) is 2.48. The number of guanidine groups is 1. The lowest BCUT2D eigenvalue weighted by Crippen LogP contribution is -2.38. The Hall–Kier alpha value is -1.90. The predicted molar refractivity (Wildman–Crippen MR) is 110 cm³/mol. The lowest BCUT2D eigenvalue weighted by Gasteiger charge is -2.22. The van der Waals surface area contributed by atoms with Crippen LogP contribution in [0, 0.1) is 0 Å². The molecule has 0 aliphatic carbocycles. The minimum Gasteiger partial charge on any atom is -0.454 e. The minimum absolute atomic E-state index is 0. The summed E-state index contributed by atoms with van der Waals surface area (Å²) in [6.07, 6.45) is 2.06. The molecule has 1 aromatic heterocycles. The maximum Gasteiger partial charge on any atom is 0.231 e. The Labute approximate surface area is 165 Å². The molecule has 25 heavy (non-hydrogen) atoms. The monoisotopic (exact) mass is 456 g/mol. The molecule has 1 aliphatic rings. The quantitative estimate of drug-likeness (QED) is 0.427. The van der Waals surface area contributed by atoms with Gasteiger partial charge in [-0.15, -0.1) is 24.0 Å². The van der Waals surface area contributed by atoms with Crippen molar-refractivity contribution in [1.82, 2.24) is 14.8 Å². The molecule has 3 rings (SSSR count). The number of benzene rings is 1. The fourth-order valence-corrected chi connectivity index (χ4v) is 2.65. The van der Waals surface area contributed by atoms with Crippen LogP contribution in [0.1, 0.15) is 18.2 Å². The van der Waals surface area contributed by atoms with Crippen molar-refractivity contribution in [1.29, 1.82) is 0 Å². The molecule has 6 nitrogen and oxygen atoms in total. The van der Waals surface area contributed by atoms with Crippen LogP contribution in [0.4, 0.5) is 0 Å². The van der Waals surface area contributed by atoms with E-state index in [2.05, 4.69) is 47.1 Å². The maximum absolute atomic E-state index is 5.42. The molecule has 2 aromatic rings. The number of ether oxygens (including phenoxy) is 2. The van der Waals surface area contributed by atoms with Crippen molar-refractivity contribution >= 4 is 29.9 Å². The molecule has 0 saturated carbocycles. The fourth-order valence-electron chi connectivity index (χ4n) is 2.65. The summed E-state index contributed by atoms with van der Waals surface area (Å²) in [5.41, 5.74) is 2.34. The first-order valence-electron chi connectivity index (χ1n) is 8.15. The fraction of sp³-hybridized carbons (Fsp3) is 0.389. The molecule has 0 saturated heterocycles. The first-order chi connectivity index (χ1) is 11.7. The Morgan fingerprint density at radius 2 is 2.08 bits per heavy atom. The van der Waals surface area contributed by atoms with Gasteiger partial charge in [-0.1, -0.05) is 6.07 Å². The summed E-state index contributed by atoms with van der Waals surface area (Å²) < 4.78 is 12.9. The van der Waals surface area contributed by atoms with Crippen molar-refractivity contribution in [2.24, 2.45) is 12.0 Å². The van der Waals surface area contributed by atoms with Crippen LogP contribution in [0.2, 0.25) is 0 Å². The van der Waals surface area contributed by atoms with Gasteiger partial charge in [0.2, 0.25) is 6.79 Å². The number of nitrogens with one attached hydrogen (secondary N) is 1. The van der Waals surface area contributed by atoms with E-state index in [1.165, 1.54) is 5.69 Å². The average Bonchev–Trinajstić information content (AvgIpc) is 3.20. The summed E-state index contributed by atoms with van der Waals surface area (Å²) >= 11 is 0. The van der Waals surface area contributed by atoms with Gasteiger partial charge in [0.05, 0.1) is 13.1 Å². The van der Waals surface area contributed by atoms with Crippen LogP contribution < -0.4 is 14.8 Å². The number of aliphatic imine (C=N–C) groups is 1. The standard InChI is InChI=1S/C18H24N4O2.HI/c1-4-19-18(22(3)12-15-6-5-9-21(15)2)20-11-14-7-8-16-17(10-14)24-13-23-16;/h5-10H,4,11-13H2,1-3H3,(H,19,20);1H. The van der Waals surface area contributed by atoms with Crippen LogP contribution >= 0.6 is 24.0 Å². The molecule has 0 unspecified atom stereocenters. The van der Waals surface area contributed by atoms with Gasteiger partial charge in [0.1, 0.15) is 0 Å². The summed E-state index contributed by atoms with van der Waals surface area (Å²) in [6, 6.07) is 10.1. The van der Waals surface area contributed by atoms with Crippen LogP contribution in [0.25, 0.3) is 0 Å². The second kappa shape index (κ2) is 8.98. The van der Waals surface area contributed by atoms with Crippen LogP contribution in [-0.2, 0) is 20.1 Å². The number of hydrogen-bond acceptors (Lipinski definition) is 3. The van der Waals surface area contributed by atoms with Gasteiger partial charge in [0, 0.05) is 32.5 Å². The number of nitrogens with zero attached hydrogens (tertiary/aromatic N) is 3. The lowest BCUT2D eigenvalue weighted by molar-refractivity contribution is 0.174. The molecule has 2 heterocycles. The molecule has 1 N–H and O–H groups in total. The highest BCUT2D eigenvalue weighted by molar-refractivity contribution is 14.0. The minimum atomic E-state index is 0. The third-order valence-corrected chi connectivity index (χ3v) is 4.00. The van der Waals surface area contributed by atoms with Crippen molar-refractivity contribution in [3.63, 3.8) is 0 Å². The number of halogens is 1. The zero-order chi connectivity index (χ0) is 16.9. The van der Waals surface area contributed by atoms with Crippen LogP contribution in [-0.4, -0.2) is 35.8 Å². The third-order valence-electron chi connectivity index (χ3n) is 4.00. The molecule has 0 bridgehead atoms. The average molecular weight is 456 g/mol. The zero-order valence-corrected chi connectivity index (χ0v) is 17.2. The van der Waals surface area contributed by atoms with E-state index < -0.39 is 0 Å². The largest absolute Gasteiger partial charge is 0.454 e. The van der Waals surface area contributed by atoms with Gasteiger partial charge in [-0.05, 0) is 36.8 Å². The van der Waals surface area contributed by atoms with E-state index in [9.17, 15) is 0 Å². The topological polar surface area (TPSA) is 51.0 Å². The number of fused-ring (bicyclic) bond motifs is 1. The molecule has 0 fully saturated rings. The van der Waals surface area contributed by atoms with Crippen molar-refractivity contribution < 1.29 is 9.47 Å². The van der Waals surface area contributed by atoms with E-state index in [1.807, 2.05) is 25.2 Å². The second-order valence-electron chi connectivity index (χ2n) is 5.82. The third kappa shape index (κ3) is 4.81. The highest BCUT2D eigenvalue weighted by Gasteiger charge is 2.13. The first-order valence-corrected chi connectivity index (χ1v) is 8.15. The number of rotatable bonds is 5. The van der Waals surface area contributed by atoms with Crippen LogP contribution in [0.3, 0.4) is 0 Å². The van der Waals surface area contributed by atoms with Crippen LogP contribution in [0.5, 0.6) is 11.5 Å². The number of hydrogen-bond donors (Lipinski definition) is 1. The van der Waals surface area contributed by atoms with E-state index >= 15 is 0 Å². The number of aromatic nitrogens is 1. The summed E-state index contributed by atoms with van der Waals surface area (Å²) in [5, 5.41) is 3.35. The molecular weight excluding hydrogens is 431 g/mol. The molecule has 1 aromatic carbocycles. The highest BCUT2D eigenvalue weighted by Crippen LogP contribution is 2.32. The molecule has 1 aliphatic heterocycles. The van der Waals surface area contributed by atoms with Crippen LogP contribution in [0.15, 0.2) is 41.5 Å². The first kappa shape index (κ1) is 19.4.